The summed E-state index contributed by atoms with van der Waals surface area (Å²) in [4.78, 5) is 0. The van der Waals surface area contributed by atoms with Crippen LogP contribution in [0.3, 0.4) is 0 Å². The molecule has 0 spiro atoms. The van der Waals surface area contributed by atoms with Crippen molar-refractivity contribution in [3.63, 3.8) is 0 Å². The third-order valence-electron chi connectivity index (χ3n) is 0.723. The first-order valence-electron chi connectivity index (χ1n) is 2.12. The van der Waals surface area contributed by atoms with Crippen LogP contribution in [0.2, 0.25) is 0 Å². The van der Waals surface area contributed by atoms with E-state index in [0.717, 1.165) is 6.21 Å². The van der Waals surface area contributed by atoms with Gasteiger partial charge in [-0.15, -0.1) is 0 Å². The third-order valence-corrected chi connectivity index (χ3v) is 0.723. The molecular formula is C5H4NO2-. The van der Waals surface area contributed by atoms with Crippen molar-refractivity contribution in [2.75, 3.05) is 0 Å². The lowest BCUT2D eigenvalue weighted by molar-refractivity contribution is 0.560. The lowest BCUT2D eigenvalue weighted by atomic mass is 10.5. The van der Waals surface area contributed by atoms with Crippen LogP contribution in [0.25, 0.3) is 0 Å². The first-order valence-corrected chi connectivity index (χ1v) is 2.12. The van der Waals surface area contributed by atoms with Gasteiger partial charge in [-0.1, -0.05) is 0 Å². The molecule has 0 aliphatic rings. The molecule has 3 nitrogen and oxygen atoms in total. The first kappa shape index (κ1) is 4.90. The van der Waals surface area contributed by atoms with Crippen LogP contribution in [0.1, 0.15) is 5.76 Å². The molecule has 0 atom stereocenters. The SMILES string of the molecule is [O-]/N=C/c1ccco1. The van der Waals surface area contributed by atoms with Crippen LogP contribution in [-0.4, -0.2) is 6.21 Å². The highest BCUT2D eigenvalue weighted by atomic mass is 16.4. The maximum Gasteiger partial charge on any atom is 0.144 e. The van der Waals surface area contributed by atoms with E-state index in [1.54, 1.807) is 12.1 Å². The van der Waals surface area contributed by atoms with E-state index in [4.69, 9.17) is 4.42 Å². The summed E-state index contributed by atoms with van der Waals surface area (Å²) in [7, 11) is 0. The summed E-state index contributed by atoms with van der Waals surface area (Å²) < 4.78 is 4.72. The van der Waals surface area contributed by atoms with Gasteiger partial charge in [-0.25, -0.2) is 0 Å². The molecule has 0 saturated carbocycles. The Labute approximate surface area is 46.2 Å². The summed E-state index contributed by atoms with van der Waals surface area (Å²) in [6, 6.07) is 3.35. The second kappa shape index (κ2) is 2.16. The van der Waals surface area contributed by atoms with Crippen LogP contribution in [0, 0.1) is 5.21 Å². The average Bonchev–Trinajstić information content (AvgIpc) is 2.19. The van der Waals surface area contributed by atoms with Crippen molar-refractivity contribution < 1.29 is 4.42 Å². The van der Waals surface area contributed by atoms with E-state index < -0.39 is 0 Å². The fourth-order valence-electron chi connectivity index (χ4n) is 0.417. The largest absolute Gasteiger partial charge is 0.792 e. The van der Waals surface area contributed by atoms with Crippen molar-refractivity contribution in [3.05, 3.63) is 29.4 Å². The highest BCUT2D eigenvalue weighted by Crippen LogP contribution is 1.93. The van der Waals surface area contributed by atoms with Crippen LogP contribution in [0.5, 0.6) is 0 Å². The minimum atomic E-state index is 0.486. The molecule has 8 heavy (non-hydrogen) atoms. The molecule has 0 radical (unpaired) electrons. The Morgan fingerprint density at radius 1 is 1.75 bits per heavy atom. The van der Waals surface area contributed by atoms with E-state index in [0.29, 0.717) is 5.76 Å². The van der Waals surface area contributed by atoms with Gasteiger partial charge in [0.2, 0.25) is 0 Å². The van der Waals surface area contributed by atoms with Gasteiger partial charge in [0.1, 0.15) is 5.76 Å². The molecule has 0 aliphatic heterocycles. The summed E-state index contributed by atoms with van der Waals surface area (Å²) in [6.45, 7) is 0. The molecule has 42 valence electrons. The van der Waals surface area contributed by atoms with Crippen molar-refractivity contribution in [2.24, 2.45) is 5.16 Å². The summed E-state index contributed by atoms with van der Waals surface area (Å²) in [5.41, 5.74) is 0. The number of hydrogen-bond donors (Lipinski definition) is 0. The predicted octanol–water partition coefficient (Wildman–Crippen LogP) is 1.20. The summed E-state index contributed by atoms with van der Waals surface area (Å²) >= 11 is 0. The van der Waals surface area contributed by atoms with E-state index in [9.17, 15) is 5.21 Å². The topological polar surface area (TPSA) is 48.6 Å². The lowest BCUT2D eigenvalue weighted by Gasteiger charge is -1.84. The molecule has 0 N–H and O–H groups in total. The van der Waals surface area contributed by atoms with E-state index in [1.807, 2.05) is 0 Å². The molecule has 0 amide bonds. The maximum atomic E-state index is 9.51. The third kappa shape index (κ3) is 0.872. The summed E-state index contributed by atoms with van der Waals surface area (Å²) in [5, 5.41) is 12.0. The number of furan rings is 1. The second-order valence-electron chi connectivity index (χ2n) is 1.25. The zero-order valence-corrected chi connectivity index (χ0v) is 4.07. The van der Waals surface area contributed by atoms with Crippen LogP contribution in [-0.2, 0) is 0 Å². The van der Waals surface area contributed by atoms with Gasteiger partial charge in [0.25, 0.3) is 0 Å². The fourth-order valence-corrected chi connectivity index (χ4v) is 0.417. The van der Waals surface area contributed by atoms with Gasteiger partial charge in [0.05, 0.1) is 12.5 Å². The standard InChI is InChI=1S/C5H5NO2/c7-6-4-5-2-1-3-8-5/h1-4,7H/p-1/b6-4+. The molecule has 1 aromatic heterocycles. The Hall–Kier alpha value is -1.25. The lowest BCUT2D eigenvalue weighted by Crippen LogP contribution is -1.68. The quantitative estimate of drug-likeness (QED) is 0.402. The van der Waals surface area contributed by atoms with Gasteiger partial charge >= 0.3 is 0 Å². The fraction of sp³-hybridized carbons (Fsp3) is 0. The van der Waals surface area contributed by atoms with Gasteiger partial charge in [0.15, 0.2) is 0 Å². The normalized spacial score (nSPS) is 10.5. The molecule has 0 saturated heterocycles. The van der Waals surface area contributed by atoms with E-state index in [1.165, 1.54) is 6.26 Å². The van der Waals surface area contributed by atoms with Crippen molar-refractivity contribution in [2.45, 2.75) is 0 Å². The number of hydrogen-bond acceptors (Lipinski definition) is 3. The molecule has 0 aliphatic carbocycles. The predicted molar refractivity (Wildman–Crippen MR) is 29.7 cm³/mol. The smallest absolute Gasteiger partial charge is 0.144 e. The van der Waals surface area contributed by atoms with Crippen LogP contribution >= 0.6 is 0 Å². The monoisotopic (exact) mass is 110 g/mol. The molecule has 0 bridgehead atoms. The zero-order valence-electron chi connectivity index (χ0n) is 4.07. The highest BCUT2D eigenvalue weighted by Gasteiger charge is 1.82. The Morgan fingerprint density at radius 3 is 3.12 bits per heavy atom. The molecule has 1 aromatic rings. The Morgan fingerprint density at radius 2 is 2.62 bits per heavy atom. The van der Waals surface area contributed by atoms with E-state index >= 15 is 0 Å². The second-order valence-corrected chi connectivity index (χ2v) is 1.25. The minimum absolute atomic E-state index is 0.486. The number of rotatable bonds is 1. The maximum absolute atomic E-state index is 9.51. The van der Waals surface area contributed by atoms with Gasteiger partial charge in [-0.3, -0.25) is 0 Å². The molecule has 1 rings (SSSR count). The average molecular weight is 110 g/mol. The summed E-state index contributed by atoms with van der Waals surface area (Å²) in [6.07, 6.45) is 2.59. The van der Waals surface area contributed by atoms with Crippen LogP contribution in [0.15, 0.2) is 28.0 Å². The molecule has 1 heterocycles. The number of nitrogens with zero attached hydrogens (tertiary/aromatic N) is 1. The zero-order chi connectivity index (χ0) is 5.82. The van der Waals surface area contributed by atoms with Gasteiger partial charge in [-0.05, 0) is 12.1 Å². The van der Waals surface area contributed by atoms with Crippen LogP contribution < -0.4 is 0 Å². The Balaban J connectivity index is 2.77. The first-order chi connectivity index (χ1) is 3.93. The van der Waals surface area contributed by atoms with Gasteiger partial charge < -0.3 is 14.8 Å². The van der Waals surface area contributed by atoms with Gasteiger partial charge in [-0.2, -0.15) is 0 Å². The Bertz CT molecular complexity index is 167. The molecule has 0 unspecified atom stereocenters. The molecular weight excluding hydrogens is 106 g/mol. The highest BCUT2D eigenvalue weighted by molar-refractivity contribution is 5.75. The van der Waals surface area contributed by atoms with E-state index in [-0.39, 0.29) is 0 Å². The Kier molecular flexibility index (Phi) is 1.32. The molecule has 0 fully saturated rings. The van der Waals surface area contributed by atoms with Crippen LogP contribution in [0.4, 0.5) is 0 Å². The van der Waals surface area contributed by atoms with Crippen molar-refractivity contribution in [1.29, 1.82) is 0 Å². The van der Waals surface area contributed by atoms with Crippen molar-refractivity contribution >= 4 is 6.21 Å². The molecule has 0 aromatic carbocycles. The van der Waals surface area contributed by atoms with Crippen molar-refractivity contribution in [3.8, 4) is 0 Å². The molecule has 3 heteroatoms. The van der Waals surface area contributed by atoms with Gasteiger partial charge in [0, 0.05) is 0 Å². The summed E-state index contributed by atoms with van der Waals surface area (Å²) in [5.74, 6) is 0.486. The minimum Gasteiger partial charge on any atom is -0.792 e. The van der Waals surface area contributed by atoms with E-state index in [2.05, 4.69) is 5.16 Å². The van der Waals surface area contributed by atoms with Crippen molar-refractivity contribution in [1.82, 2.24) is 0 Å².